The molecule has 4 aromatic rings. The predicted molar refractivity (Wildman–Crippen MR) is 175 cm³/mol. The van der Waals surface area contributed by atoms with E-state index in [2.05, 4.69) is 21.9 Å². The van der Waals surface area contributed by atoms with Gasteiger partial charge >= 0.3 is 6.18 Å². The Morgan fingerprint density at radius 1 is 1.13 bits per heavy atom. The molecule has 46 heavy (non-hydrogen) atoms. The van der Waals surface area contributed by atoms with Crippen LogP contribution in [-0.2, 0) is 29.3 Å². The van der Waals surface area contributed by atoms with Crippen molar-refractivity contribution < 1.29 is 26.7 Å². The molecule has 250 valence electrons. The van der Waals surface area contributed by atoms with Crippen LogP contribution in [0.2, 0.25) is 5.02 Å². The lowest BCUT2D eigenvalue weighted by atomic mass is 9.87. The van der Waals surface area contributed by atoms with Gasteiger partial charge in [0.1, 0.15) is 0 Å². The number of fused-ring (bicyclic) bond motifs is 1. The summed E-state index contributed by atoms with van der Waals surface area (Å²) in [5, 5.41) is 17.6. The minimum atomic E-state index is -4.48. The smallest absolute Gasteiger partial charge is 0.390 e. The van der Waals surface area contributed by atoms with Gasteiger partial charge in [-0.1, -0.05) is 37.1 Å². The van der Waals surface area contributed by atoms with Gasteiger partial charge in [0.25, 0.3) is 0 Å². The van der Waals surface area contributed by atoms with E-state index in [1.807, 2.05) is 25.1 Å². The van der Waals surface area contributed by atoms with Crippen molar-refractivity contribution in [3.63, 3.8) is 0 Å². The number of aliphatic hydroxyl groups excluding tert-OH is 1. The van der Waals surface area contributed by atoms with Crippen molar-refractivity contribution in [2.45, 2.75) is 70.8 Å². The molecular formula is C33H41ClF3N5O3S. The lowest BCUT2D eigenvalue weighted by Gasteiger charge is -2.33. The second-order valence-electron chi connectivity index (χ2n) is 12.3. The number of nitrogens with zero attached hydrogens (tertiary/aromatic N) is 4. The lowest BCUT2D eigenvalue weighted by molar-refractivity contribution is -0.137. The van der Waals surface area contributed by atoms with Crippen molar-refractivity contribution in [1.29, 1.82) is 0 Å². The lowest BCUT2D eigenvalue weighted by Crippen LogP contribution is -2.39. The van der Waals surface area contributed by atoms with E-state index in [-0.39, 0.29) is 13.1 Å². The molecule has 0 saturated carbocycles. The van der Waals surface area contributed by atoms with E-state index >= 15 is 0 Å². The van der Waals surface area contributed by atoms with Gasteiger partial charge in [-0.25, -0.2) is 8.42 Å². The van der Waals surface area contributed by atoms with Gasteiger partial charge in [0.05, 0.1) is 30.2 Å². The third-order valence-corrected chi connectivity index (χ3v) is 10.2. The number of β-amino-alcohol motifs (C(OH)–C–C–N with tert-alkyl or cyclic N) is 1. The molecule has 0 spiro atoms. The van der Waals surface area contributed by atoms with Crippen LogP contribution in [0.25, 0.3) is 22.2 Å². The summed E-state index contributed by atoms with van der Waals surface area (Å²) >= 11 is 6.29. The van der Waals surface area contributed by atoms with Crippen LogP contribution < -0.4 is 0 Å². The van der Waals surface area contributed by atoms with Crippen molar-refractivity contribution in [1.82, 2.24) is 24.0 Å². The molecule has 0 radical (unpaired) electrons. The van der Waals surface area contributed by atoms with E-state index in [0.717, 1.165) is 67.3 Å². The Kier molecular flexibility index (Phi) is 10.5. The summed E-state index contributed by atoms with van der Waals surface area (Å²) in [6.45, 7) is 6.62. The fraction of sp³-hybridized carbons (Fsp3) is 0.485. The van der Waals surface area contributed by atoms with Crippen LogP contribution in [0.5, 0.6) is 0 Å². The number of aromatic amines is 1. The SMILES string of the molecule is CCCCN(Cc1cn(CC(O)CN2CCC(c3c(C)[nH]c4ccc(Cl)cc34)CC2)nc1-c1ccc(C(F)(F)F)cc1)S(C)(=O)=O. The van der Waals surface area contributed by atoms with E-state index in [0.29, 0.717) is 47.3 Å². The minimum Gasteiger partial charge on any atom is -0.390 e. The van der Waals surface area contributed by atoms with Crippen LogP contribution in [0.3, 0.4) is 0 Å². The number of benzene rings is 2. The summed E-state index contributed by atoms with van der Waals surface area (Å²) in [6, 6.07) is 10.6. The molecule has 1 fully saturated rings. The first-order valence-corrected chi connectivity index (χ1v) is 17.8. The zero-order valence-corrected chi connectivity index (χ0v) is 27.9. The van der Waals surface area contributed by atoms with Crippen molar-refractivity contribution in [2.24, 2.45) is 0 Å². The average Bonchev–Trinajstić information content (AvgIpc) is 3.53. The Labute approximate surface area is 273 Å². The number of rotatable bonds is 12. The number of aromatic nitrogens is 3. The summed E-state index contributed by atoms with van der Waals surface area (Å²) in [6.07, 6.45) is 0.950. The van der Waals surface area contributed by atoms with E-state index in [1.54, 1.807) is 10.9 Å². The maximum atomic E-state index is 13.2. The number of aryl methyl sites for hydroxylation is 1. The first-order valence-electron chi connectivity index (χ1n) is 15.6. The van der Waals surface area contributed by atoms with Crippen molar-refractivity contribution >= 4 is 32.5 Å². The van der Waals surface area contributed by atoms with Crippen LogP contribution in [0.15, 0.2) is 48.7 Å². The van der Waals surface area contributed by atoms with Gasteiger partial charge in [0, 0.05) is 58.6 Å². The second-order valence-corrected chi connectivity index (χ2v) is 14.8. The molecule has 1 aliphatic heterocycles. The Balaban J connectivity index is 1.29. The summed E-state index contributed by atoms with van der Waals surface area (Å²) in [7, 11) is -3.55. The number of unbranched alkanes of at least 4 members (excludes halogenated alkanes) is 1. The Bertz CT molecular complexity index is 1750. The first-order chi connectivity index (χ1) is 21.7. The topological polar surface area (TPSA) is 94.5 Å². The summed E-state index contributed by atoms with van der Waals surface area (Å²) in [5.74, 6) is 0.381. The molecule has 8 nitrogen and oxygen atoms in total. The molecular weight excluding hydrogens is 639 g/mol. The molecule has 0 aliphatic carbocycles. The number of hydrogen-bond acceptors (Lipinski definition) is 5. The molecule has 1 saturated heterocycles. The highest BCUT2D eigenvalue weighted by Gasteiger charge is 2.31. The summed E-state index contributed by atoms with van der Waals surface area (Å²) in [5.41, 5.74) is 4.15. The molecule has 3 heterocycles. The third-order valence-electron chi connectivity index (χ3n) is 8.76. The van der Waals surface area contributed by atoms with Crippen molar-refractivity contribution in [3.05, 3.63) is 76.1 Å². The number of piperidine rings is 1. The van der Waals surface area contributed by atoms with E-state index in [4.69, 9.17) is 11.6 Å². The predicted octanol–water partition coefficient (Wildman–Crippen LogP) is 6.81. The van der Waals surface area contributed by atoms with Gasteiger partial charge in [0.15, 0.2) is 0 Å². The first kappa shape index (κ1) is 34.4. The van der Waals surface area contributed by atoms with Gasteiger partial charge in [-0.3, -0.25) is 4.68 Å². The zero-order chi connectivity index (χ0) is 33.2. The molecule has 1 unspecified atom stereocenters. The van der Waals surface area contributed by atoms with Crippen LogP contribution in [-0.4, -0.2) is 76.0 Å². The Hall–Kier alpha value is -2.90. The number of nitrogens with one attached hydrogen (secondary N) is 1. The number of likely N-dealkylation sites (tertiary alicyclic amines) is 1. The highest BCUT2D eigenvalue weighted by molar-refractivity contribution is 7.88. The number of alkyl halides is 3. The summed E-state index contributed by atoms with van der Waals surface area (Å²) < 4.78 is 67.7. The van der Waals surface area contributed by atoms with E-state index < -0.39 is 27.9 Å². The Morgan fingerprint density at radius 3 is 2.46 bits per heavy atom. The largest absolute Gasteiger partial charge is 0.416 e. The molecule has 1 atom stereocenters. The molecule has 0 amide bonds. The molecule has 1 aliphatic rings. The molecule has 2 aromatic carbocycles. The highest BCUT2D eigenvalue weighted by atomic mass is 35.5. The van der Waals surface area contributed by atoms with Crippen molar-refractivity contribution in [2.75, 3.05) is 32.4 Å². The van der Waals surface area contributed by atoms with Gasteiger partial charge in [-0.05, 0) is 81.1 Å². The van der Waals surface area contributed by atoms with Crippen LogP contribution in [0.1, 0.15) is 60.9 Å². The van der Waals surface area contributed by atoms with Crippen LogP contribution >= 0.6 is 11.6 Å². The zero-order valence-electron chi connectivity index (χ0n) is 26.3. The number of sulfonamides is 1. The monoisotopic (exact) mass is 679 g/mol. The minimum absolute atomic E-state index is 0.0251. The van der Waals surface area contributed by atoms with E-state index in [9.17, 15) is 26.7 Å². The fourth-order valence-corrected chi connectivity index (χ4v) is 7.45. The number of H-pyrrole nitrogens is 1. The van der Waals surface area contributed by atoms with Crippen molar-refractivity contribution in [3.8, 4) is 11.3 Å². The molecule has 2 N–H and O–H groups in total. The second kappa shape index (κ2) is 14.1. The maximum absolute atomic E-state index is 13.2. The molecule has 13 heteroatoms. The van der Waals surface area contributed by atoms with Crippen LogP contribution in [0, 0.1) is 6.92 Å². The quantitative estimate of drug-likeness (QED) is 0.172. The van der Waals surface area contributed by atoms with Gasteiger partial charge in [-0.2, -0.15) is 22.6 Å². The molecule has 5 rings (SSSR count). The number of halogens is 4. The van der Waals surface area contributed by atoms with Crippen LogP contribution in [0.4, 0.5) is 13.2 Å². The molecule has 2 aromatic heterocycles. The highest BCUT2D eigenvalue weighted by Crippen LogP contribution is 2.37. The fourth-order valence-electron chi connectivity index (χ4n) is 6.44. The third kappa shape index (κ3) is 8.14. The standard InChI is InChI=1S/C33H41ClF3N5O3S/c1-4-5-14-42(46(3,44)45)19-25-18-41(39-32(25)24-6-8-26(9-7-24)33(35,36)37)21-28(43)20-40-15-12-23(13-16-40)31-22(2)38-30-11-10-27(34)17-29(30)31/h6-11,17-18,23,28,38,43H,4-5,12-16,19-21H2,1-3H3. The number of hydrogen-bond donors (Lipinski definition) is 2. The number of aliphatic hydroxyl groups is 1. The van der Waals surface area contributed by atoms with E-state index in [1.165, 1.54) is 22.0 Å². The summed E-state index contributed by atoms with van der Waals surface area (Å²) in [4.78, 5) is 5.70. The maximum Gasteiger partial charge on any atom is 0.416 e. The average molecular weight is 680 g/mol. The Morgan fingerprint density at radius 2 is 1.83 bits per heavy atom. The van der Waals surface area contributed by atoms with Gasteiger partial charge < -0.3 is 15.0 Å². The van der Waals surface area contributed by atoms with Gasteiger partial charge in [-0.15, -0.1) is 0 Å². The van der Waals surface area contributed by atoms with Gasteiger partial charge in [0.2, 0.25) is 10.0 Å². The molecule has 0 bridgehead atoms. The normalized spacial score (nSPS) is 16.1.